The van der Waals surface area contributed by atoms with Crippen LogP contribution >= 0.6 is 28.1 Å². The molecule has 2 aromatic rings. The first-order valence-electron chi connectivity index (χ1n) is 7.75. The smallest absolute Gasteiger partial charge is 0.263 e. The highest BCUT2D eigenvalue weighted by Gasteiger charge is 2.26. The zero-order chi connectivity index (χ0) is 19.4. The zero-order valence-corrected chi connectivity index (χ0v) is 16.5. The summed E-state index contributed by atoms with van der Waals surface area (Å²) in [5.41, 5.74) is 1.49. The highest BCUT2D eigenvalue weighted by Crippen LogP contribution is 2.37. The Balaban J connectivity index is 1.87. The summed E-state index contributed by atoms with van der Waals surface area (Å²) < 4.78 is 11.9. The molecule has 1 aromatic heterocycles. The zero-order valence-electron chi connectivity index (χ0n) is 14.1. The van der Waals surface area contributed by atoms with E-state index in [2.05, 4.69) is 31.5 Å². The van der Waals surface area contributed by atoms with Crippen molar-refractivity contribution in [3.8, 4) is 11.5 Å². The van der Waals surface area contributed by atoms with Crippen LogP contribution in [0.5, 0.6) is 11.5 Å². The number of nitrogens with one attached hydrogen (secondary N) is 2. The molecule has 1 aliphatic heterocycles. The molecule has 0 bridgehead atoms. The summed E-state index contributed by atoms with van der Waals surface area (Å²) in [4.78, 5) is 27.9. The van der Waals surface area contributed by atoms with Crippen molar-refractivity contribution in [2.24, 2.45) is 0 Å². The molecule has 7 nitrogen and oxygen atoms in total. The van der Waals surface area contributed by atoms with Crippen LogP contribution in [0.15, 0.2) is 46.7 Å². The van der Waals surface area contributed by atoms with E-state index in [1.807, 2.05) is 12.1 Å². The molecule has 1 fully saturated rings. The Morgan fingerprint density at radius 3 is 2.48 bits per heavy atom. The van der Waals surface area contributed by atoms with Gasteiger partial charge in [0.05, 0.1) is 11.6 Å². The largest absolute Gasteiger partial charge is 0.493 e. The lowest BCUT2D eigenvalue weighted by Crippen LogP contribution is -2.51. The number of benzene rings is 1. The third-order valence-corrected chi connectivity index (χ3v) is 4.43. The third-order valence-electron chi connectivity index (χ3n) is 3.64. The number of methoxy groups -OCH3 is 1. The number of carbonyl (C=O) groups excluding carboxylic acids is 2. The quantitative estimate of drug-likeness (QED) is 0.415. The van der Waals surface area contributed by atoms with E-state index in [0.29, 0.717) is 28.1 Å². The van der Waals surface area contributed by atoms with Gasteiger partial charge in [-0.15, -0.1) is 0 Å². The van der Waals surface area contributed by atoms with Gasteiger partial charge in [0, 0.05) is 12.4 Å². The second-order valence-corrected chi connectivity index (χ2v) is 6.74. The number of carbonyl (C=O) groups is 2. The predicted octanol–water partition coefficient (Wildman–Crippen LogP) is 2.35. The Labute approximate surface area is 168 Å². The van der Waals surface area contributed by atoms with Crippen molar-refractivity contribution in [1.82, 2.24) is 15.6 Å². The van der Waals surface area contributed by atoms with Gasteiger partial charge >= 0.3 is 0 Å². The maximum absolute atomic E-state index is 12.0. The first-order chi connectivity index (χ1) is 13.0. The van der Waals surface area contributed by atoms with E-state index < -0.39 is 11.8 Å². The van der Waals surface area contributed by atoms with Crippen LogP contribution in [0.25, 0.3) is 6.08 Å². The van der Waals surface area contributed by atoms with E-state index in [4.69, 9.17) is 21.7 Å². The topological polar surface area (TPSA) is 89.6 Å². The van der Waals surface area contributed by atoms with E-state index in [-0.39, 0.29) is 10.7 Å². The molecule has 2 amide bonds. The van der Waals surface area contributed by atoms with Gasteiger partial charge in [-0.2, -0.15) is 0 Å². The summed E-state index contributed by atoms with van der Waals surface area (Å²) in [5.74, 6) is -0.152. The molecule has 138 valence electrons. The molecule has 0 unspecified atom stereocenters. The first kappa shape index (κ1) is 19.0. The number of rotatable bonds is 5. The minimum absolute atomic E-state index is 0.0132. The van der Waals surface area contributed by atoms with E-state index in [1.165, 1.54) is 13.2 Å². The summed E-state index contributed by atoms with van der Waals surface area (Å²) in [5, 5.41) is 4.77. The van der Waals surface area contributed by atoms with Crippen molar-refractivity contribution < 1.29 is 19.1 Å². The highest BCUT2D eigenvalue weighted by atomic mass is 79.9. The maximum Gasteiger partial charge on any atom is 0.263 e. The Morgan fingerprint density at radius 1 is 1.19 bits per heavy atom. The van der Waals surface area contributed by atoms with E-state index in [1.54, 1.807) is 24.5 Å². The van der Waals surface area contributed by atoms with Crippen LogP contribution in [0.3, 0.4) is 0 Å². The number of hydrogen-bond acceptors (Lipinski definition) is 6. The molecule has 0 saturated carbocycles. The lowest BCUT2D eigenvalue weighted by molar-refractivity contribution is -0.123. The predicted molar refractivity (Wildman–Crippen MR) is 106 cm³/mol. The minimum Gasteiger partial charge on any atom is -0.493 e. The van der Waals surface area contributed by atoms with Crippen molar-refractivity contribution in [3.05, 3.63) is 57.8 Å². The second kappa shape index (κ2) is 8.28. The van der Waals surface area contributed by atoms with Gasteiger partial charge in [-0.25, -0.2) is 0 Å². The normalized spacial score (nSPS) is 13.7. The Kier molecular flexibility index (Phi) is 5.82. The first-order valence-corrected chi connectivity index (χ1v) is 8.95. The standard InChI is InChI=1S/C18H14BrN3O4S/c1-25-14-8-11(6-12-16(23)21-18(27)22-17(12)24)7-13(19)15(14)26-9-10-2-4-20-5-3-10/h2-8H,9H2,1H3,(H2,21,22,23,24,27). The average molecular weight is 448 g/mol. The van der Waals surface area contributed by atoms with Crippen molar-refractivity contribution in [2.45, 2.75) is 6.61 Å². The van der Waals surface area contributed by atoms with E-state index >= 15 is 0 Å². The molecule has 0 spiro atoms. The average Bonchev–Trinajstić information content (AvgIpc) is 2.64. The van der Waals surface area contributed by atoms with Gasteiger partial charge in [0.15, 0.2) is 16.6 Å². The number of ether oxygens (including phenoxy) is 2. The molecular formula is C18H14BrN3O4S. The monoisotopic (exact) mass is 447 g/mol. The number of aromatic nitrogens is 1. The molecule has 0 atom stereocenters. The van der Waals surface area contributed by atoms with Crippen LogP contribution < -0.4 is 20.1 Å². The Hall–Kier alpha value is -2.78. The molecule has 2 N–H and O–H groups in total. The van der Waals surface area contributed by atoms with Crippen molar-refractivity contribution >= 4 is 51.2 Å². The molecule has 0 aliphatic carbocycles. The summed E-state index contributed by atoms with van der Waals surface area (Å²) in [6.07, 6.45) is 4.82. The van der Waals surface area contributed by atoms with E-state index in [9.17, 15) is 9.59 Å². The SMILES string of the molecule is COc1cc(C=C2C(=O)NC(=S)NC2=O)cc(Br)c1OCc1ccncc1. The maximum atomic E-state index is 12.0. The van der Waals surface area contributed by atoms with Gasteiger partial charge in [-0.1, -0.05) is 0 Å². The van der Waals surface area contributed by atoms with Crippen LogP contribution in [0.4, 0.5) is 0 Å². The van der Waals surface area contributed by atoms with Crippen LogP contribution in [0, 0.1) is 0 Å². The summed E-state index contributed by atoms with van der Waals surface area (Å²) in [7, 11) is 1.51. The van der Waals surface area contributed by atoms with E-state index in [0.717, 1.165) is 5.56 Å². The number of halogens is 1. The fourth-order valence-corrected chi connectivity index (χ4v) is 3.13. The van der Waals surface area contributed by atoms with Gasteiger partial charge < -0.3 is 9.47 Å². The Morgan fingerprint density at radius 2 is 1.85 bits per heavy atom. The van der Waals surface area contributed by atoms with Gasteiger partial charge in [0.2, 0.25) is 0 Å². The number of pyridine rings is 1. The summed E-state index contributed by atoms with van der Waals surface area (Å²) >= 11 is 8.23. The number of thiocarbonyl (C=S) groups is 1. The summed E-state index contributed by atoms with van der Waals surface area (Å²) in [6.45, 7) is 0.334. The number of amides is 2. The van der Waals surface area contributed by atoms with Gasteiger partial charge in [-0.3, -0.25) is 25.2 Å². The van der Waals surface area contributed by atoms with Gasteiger partial charge in [0.1, 0.15) is 12.2 Å². The minimum atomic E-state index is -0.558. The molecule has 27 heavy (non-hydrogen) atoms. The lowest BCUT2D eigenvalue weighted by Gasteiger charge is -2.17. The fourth-order valence-electron chi connectivity index (χ4n) is 2.37. The molecular weight excluding hydrogens is 434 g/mol. The number of nitrogens with zero attached hydrogens (tertiary/aromatic N) is 1. The molecule has 1 aromatic carbocycles. The van der Waals surface area contributed by atoms with Crippen molar-refractivity contribution in [3.63, 3.8) is 0 Å². The summed E-state index contributed by atoms with van der Waals surface area (Å²) in [6, 6.07) is 7.10. The van der Waals surface area contributed by atoms with Gasteiger partial charge in [-0.05, 0) is 69.6 Å². The van der Waals surface area contributed by atoms with Crippen molar-refractivity contribution in [2.75, 3.05) is 7.11 Å². The molecule has 0 radical (unpaired) electrons. The molecule has 9 heteroatoms. The van der Waals surface area contributed by atoms with Crippen LogP contribution in [-0.2, 0) is 16.2 Å². The number of hydrogen-bond donors (Lipinski definition) is 2. The van der Waals surface area contributed by atoms with Crippen LogP contribution in [0.2, 0.25) is 0 Å². The second-order valence-electron chi connectivity index (χ2n) is 5.47. The third kappa shape index (κ3) is 4.50. The van der Waals surface area contributed by atoms with Crippen LogP contribution in [-0.4, -0.2) is 29.0 Å². The molecule has 2 heterocycles. The molecule has 1 aliphatic rings. The van der Waals surface area contributed by atoms with Gasteiger partial charge in [0.25, 0.3) is 11.8 Å². The fraction of sp³-hybridized carbons (Fsp3) is 0.111. The molecule has 3 rings (SSSR count). The lowest BCUT2D eigenvalue weighted by atomic mass is 10.1. The molecule has 1 saturated heterocycles. The Bertz CT molecular complexity index is 925. The highest BCUT2D eigenvalue weighted by molar-refractivity contribution is 9.10. The van der Waals surface area contributed by atoms with Crippen LogP contribution in [0.1, 0.15) is 11.1 Å². The van der Waals surface area contributed by atoms with Crippen molar-refractivity contribution in [1.29, 1.82) is 0 Å².